The number of halogens is 1. The highest BCUT2D eigenvalue weighted by Gasteiger charge is 2.24. The van der Waals surface area contributed by atoms with E-state index in [1.165, 1.54) is 4.68 Å². The number of rotatable bonds is 1. The molecule has 0 saturated heterocycles. The summed E-state index contributed by atoms with van der Waals surface area (Å²) in [6.45, 7) is 0. The molecule has 1 aliphatic rings. The number of benzene rings is 1. The molecule has 3 aromatic rings. The summed E-state index contributed by atoms with van der Waals surface area (Å²) in [5.41, 5.74) is 9.21. The van der Waals surface area contributed by atoms with Crippen molar-refractivity contribution in [1.82, 2.24) is 14.8 Å². The van der Waals surface area contributed by atoms with Crippen LogP contribution in [0, 0.1) is 0 Å². The van der Waals surface area contributed by atoms with E-state index in [9.17, 15) is 4.79 Å². The van der Waals surface area contributed by atoms with Gasteiger partial charge in [-0.3, -0.25) is 9.78 Å². The molecular formula is C17H15ClN4O. The summed E-state index contributed by atoms with van der Waals surface area (Å²) in [7, 11) is 0. The van der Waals surface area contributed by atoms with Crippen LogP contribution in [0.5, 0.6) is 0 Å². The Balaban J connectivity index is 1.87. The lowest BCUT2D eigenvalue weighted by molar-refractivity contribution is 0.0943. The fourth-order valence-electron chi connectivity index (χ4n) is 3.22. The molecule has 1 aromatic carbocycles. The van der Waals surface area contributed by atoms with Gasteiger partial charge in [0.05, 0.1) is 16.8 Å². The molecule has 2 heterocycles. The van der Waals surface area contributed by atoms with Gasteiger partial charge in [0.1, 0.15) is 5.82 Å². The summed E-state index contributed by atoms with van der Waals surface area (Å²) in [4.78, 5) is 17.3. The van der Waals surface area contributed by atoms with E-state index >= 15 is 0 Å². The summed E-state index contributed by atoms with van der Waals surface area (Å²) in [6, 6.07) is 7.04. The Kier molecular flexibility index (Phi) is 3.31. The van der Waals surface area contributed by atoms with Crippen LogP contribution in [0.25, 0.3) is 10.9 Å². The van der Waals surface area contributed by atoms with Crippen LogP contribution >= 0.6 is 11.6 Å². The van der Waals surface area contributed by atoms with Crippen molar-refractivity contribution in [2.75, 3.05) is 5.73 Å². The van der Waals surface area contributed by atoms with Crippen LogP contribution in [0.4, 0.5) is 5.82 Å². The number of aromatic nitrogens is 3. The zero-order chi connectivity index (χ0) is 16.0. The van der Waals surface area contributed by atoms with E-state index in [1.54, 1.807) is 24.4 Å². The maximum atomic E-state index is 13.0. The number of carbonyl (C=O) groups excluding carboxylic acids is 1. The number of hydrogen-bond acceptors (Lipinski definition) is 4. The van der Waals surface area contributed by atoms with E-state index < -0.39 is 0 Å². The standard InChI is InChI=1S/C17H15ClN4O/c18-10-5-6-11-12(7-8-20-14(11)9-10)17(23)22-15-4-2-1-3-13(15)16(19)21-22/h5-9H,1-4H2,(H2,19,21). The SMILES string of the molecule is Nc1nn(C(=O)c2ccnc3cc(Cl)ccc23)c2c1CCCC2. The zero-order valence-electron chi connectivity index (χ0n) is 12.4. The molecule has 0 saturated carbocycles. The lowest BCUT2D eigenvalue weighted by atomic mass is 9.97. The van der Waals surface area contributed by atoms with E-state index in [2.05, 4.69) is 10.1 Å². The Morgan fingerprint density at radius 1 is 1.22 bits per heavy atom. The van der Waals surface area contributed by atoms with Crippen molar-refractivity contribution < 1.29 is 4.79 Å². The monoisotopic (exact) mass is 326 g/mol. The second-order valence-electron chi connectivity index (χ2n) is 5.75. The third-order valence-electron chi connectivity index (χ3n) is 4.34. The van der Waals surface area contributed by atoms with E-state index in [-0.39, 0.29) is 5.91 Å². The van der Waals surface area contributed by atoms with Gasteiger partial charge in [-0.25, -0.2) is 0 Å². The van der Waals surface area contributed by atoms with Crippen molar-refractivity contribution in [1.29, 1.82) is 0 Å². The number of hydrogen-bond donors (Lipinski definition) is 1. The zero-order valence-corrected chi connectivity index (χ0v) is 13.2. The van der Waals surface area contributed by atoms with Crippen LogP contribution in [-0.4, -0.2) is 20.7 Å². The van der Waals surface area contributed by atoms with Crippen molar-refractivity contribution in [2.45, 2.75) is 25.7 Å². The number of carbonyl (C=O) groups is 1. The summed E-state index contributed by atoms with van der Waals surface area (Å²) >= 11 is 6.01. The highest BCUT2D eigenvalue weighted by molar-refractivity contribution is 6.31. The van der Waals surface area contributed by atoms with Crippen molar-refractivity contribution in [2.24, 2.45) is 0 Å². The second kappa shape index (κ2) is 5.35. The molecule has 0 amide bonds. The fraction of sp³-hybridized carbons (Fsp3) is 0.235. The highest BCUT2D eigenvalue weighted by atomic mass is 35.5. The smallest absolute Gasteiger partial charge is 0.279 e. The van der Waals surface area contributed by atoms with Crippen LogP contribution in [0.15, 0.2) is 30.5 Å². The molecule has 1 aliphatic carbocycles. The Labute approximate surface area is 138 Å². The van der Waals surface area contributed by atoms with Gasteiger partial charge in [-0.1, -0.05) is 17.7 Å². The first-order valence-corrected chi connectivity index (χ1v) is 7.98. The lowest BCUT2D eigenvalue weighted by Crippen LogP contribution is -2.19. The molecule has 0 bridgehead atoms. The molecule has 0 radical (unpaired) electrons. The second-order valence-corrected chi connectivity index (χ2v) is 6.19. The number of nitrogen functional groups attached to an aromatic ring is 1. The van der Waals surface area contributed by atoms with E-state index in [4.69, 9.17) is 17.3 Å². The quantitative estimate of drug-likeness (QED) is 0.745. The molecule has 0 atom stereocenters. The molecule has 5 nitrogen and oxygen atoms in total. The van der Waals surface area contributed by atoms with Gasteiger partial charge in [0.2, 0.25) is 0 Å². The number of nitrogens with two attached hydrogens (primary N) is 1. The van der Waals surface area contributed by atoms with Gasteiger partial charge in [-0.15, -0.1) is 5.10 Å². The Morgan fingerprint density at radius 3 is 2.91 bits per heavy atom. The molecule has 0 fully saturated rings. The Hall–Kier alpha value is -2.40. The van der Waals surface area contributed by atoms with Crippen molar-refractivity contribution >= 4 is 34.2 Å². The third kappa shape index (κ3) is 2.28. The Morgan fingerprint density at radius 2 is 2.04 bits per heavy atom. The predicted molar refractivity (Wildman–Crippen MR) is 89.8 cm³/mol. The van der Waals surface area contributed by atoms with E-state index in [1.807, 2.05) is 6.07 Å². The minimum atomic E-state index is -0.172. The first-order valence-electron chi connectivity index (χ1n) is 7.60. The highest BCUT2D eigenvalue weighted by Crippen LogP contribution is 2.28. The summed E-state index contributed by atoms with van der Waals surface area (Å²) < 4.78 is 1.47. The van der Waals surface area contributed by atoms with Crippen LogP contribution < -0.4 is 5.73 Å². The predicted octanol–water partition coefficient (Wildman–Crippen LogP) is 3.23. The molecule has 4 rings (SSSR count). The summed E-state index contributed by atoms with van der Waals surface area (Å²) in [5.74, 6) is 0.295. The molecule has 0 unspecified atom stereocenters. The minimum absolute atomic E-state index is 0.172. The van der Waals surface area contributed by atoms with Gasteiger partial charge in [-0.2, -0.15) is 4.68 Å². The molecule has 2 aromatic heterocycles. The molecule has 2 N–H and O–H groups in total. The van der Waals surface area contributed by atoms with Crippen LogP contribution in [0.1, 0.15) is 34.5 Å². The van der Waals surface area contributed by atoms with Gasteiger partial charge in [0.15, 0.2) is 0 Å². The maximum absolute atomic E-state index is 13.0. The molecular weight excluding hydrogens is 312 g/mol. The molecule has 0 spiro atoms. The largest absolute Gasteiger partial charge is 0.382 e. The van der Waals surface area contributed by atoms with Gasteiger partial charge in [0.25, 0.3) is 5.91 Å². The average Bonchev–Trinajstić information content (AvgIpc) is 2.91. The lowest BCUT2D eigenvalue weighted by Gasteiger charge is -2.13. The first-order chi connectivity index (χ1) is 11.1. The summed E-state index contributed by atoms with van der Waals surface area (Å²) in [6.07, 6.45) is 5.48. The Bertz CT molecular complexity index is 932. The topological polar surface area (TPSA) is 73.8 Å². The number of pyridine rings is 1. The molecule has 0 aliphatic heterocycles. The van der Waals surface area contributed by atoms with Crippen molar-refractivity contribution in [3.8, 4) is 0 Å². The number of nitrogens with zero attached hydrogens (tertiary/aromatic N) is 3. The summed E-state index contributed by atoms with van der Waals surface area (Å²) in [5, 5.41) is 5.65. The normalized spacial score (nSPS) is 14.0. The van der Waals surface area contributed by atoms with E-state index in [0.717, 1.165) is 42.3 Å². The first kappa shape index (κ1) is 14.2. The van der Waals surface area contributed by atoms with Crippen molar-refractivity contribution in [3.05, 3.63) is 52.3 Å². The number of fused-ring (bicyclic) bond motifs is 2. The van der Waals surface area contributed by atoms with Crippen LogP contribution in [0.3, 0.4) is 0 Å². The molecule has 6 heteroatoms. The average molecular weight is 327 g/mol. The van der Waals surface area contributed by atoms with Gasteiger partial charge < -0.3 is 5.73 Å². The molecule has 116 valence electrons. The van der Waals surface area contributed by atoms with Gasteiger partial charge in [-0.05, 0) is 43.9 Å². The minimum Gasteiger partial charge on any atom is -0.382 e. The third-order valence-corrected chi connectivity index (χ3v) is 4.57. The van der Waals surface area contributed by atoms with Crippen molar-refractivity contribution in [3.63, 3.8) is 0 Å². The van der Waals surface area contributed by atoms with E-state index in [0.29, 0.717) is 21.9 Å². The fourth-order valence-corrected chi connectivity index (χ4v) is 3.38. The van der Waals surface area contributed by atoms with Gasteiger partial charge >= 0.3 is 0 Å². The van der Waals surface area contributed by atoms with Crippen LogP contribution in [0.2, 0.25) is 5.02 Å². The number of anilines is 1. The maximum Gasteiger partial charge on any atom is 0.279 e. The molecule has 23 heavy (non-hydrogen) atoms. The van der Waals surface area contributed by atoms with Gasteiger partial charge in [0, 0.05) is 22.2 Å². The van der Waals surface area contributed by atoms with Crippen LogP contribution in [-0.2, 0) is 12.8 Å².